The third-order valence-corrected chi connectivity index (χ3v) is 3.64. The summed E-state index contributed by atoms with van der Waals surface area (Å²) in [6, 6.07) is 3.86. The molecule has 0 saturated heterocycles. The molecule has 1 heterocycles. The third kappa shape index (κ3) is 4.09. The predicted molar refractivity (Wildman–Crippen MR) is 72.9 cm³/mol. The Bertz CT molecular complexity index is 332. The van der Waals surface area contributed by atoms with Gasteiger partial charge in [0.2, 0.25) is 0 Å². The van der Waals surface area contributed by atoms with Crippen LogP contribution in [0.1, 0.15) is 13.8 Å². The molecule has 0 aliphatic rings. The number of nitrogens with one attached hydrogen (secondary N) is 1. The molecule has 1 aromatic rings. The van der Waals surface area contributed by atoms with Gasteiger partial charge in [-0.2, -0.15) is 11.8 Å². The molecule has 0 amide bonds. The molecular formula is C12H20N2O2S. The van der Waals surface area contributed by atoms with Crippen LogP contribution in [0.2, 0.25) is 0 Å². The van der Waals surface area contributed by atoms with E-state index in [4.69, 9.17) is 4.74 Å². The molecule has 0 fully saturated rings. The van der Waals surface area contributed by atoms with Gasteiger partial charge in [0.05, 0.1) is 13.2 Å². The summed E-state index contributed by atoms with van der Waals surface area (Å²) in [4.78, 5) is 4.26. The molecule has 0 radical (unpaired) electrons. The van der Waals surface area contributed by atoms with Crippen molar-refractivity contribution in [3.63, 3.8) is 0 Å². The molecule has 2 N–H and O–H groups in total. The van der Waals surface area contributed by atoms with Gasteiger partial charge in [-0.25, -0.2) is 4.98 Å². The van der Waals surface area contributed by atoms with Crippen molar-refractivity contribution in [2.24, 2.45) is 0 Å². The molecule has 4 nitrogen and oxygen atoms in total. The van der Waals surface area contributed by atoms with E-state index >= 15 is 0 Å². The van der Waals surface area contributed by atoms with Gasteiger partial charge in [0.25, 0.3) is 0 Å². The SMILES string of the molecule is CCOc1cccnc1NC(C)C(CO)SC. The average Bonchev–Trinajstić information content (AvgIpc) is 2.33. The number of anilines is 1. The summed E-state index contributed by atoms with van der Waals surface area (Å²) in [5.41, 5.74) is 0. The molecular weight excluding hydrogens is 236 g/mol. The monoisotopic (exact) mass is 256 g/mol. The van der Waals surface area contributed by atoms with Gasteiger partial charge >= 0.3 is 0 Å². The topological polar surface area (TPSA) is 54.4 Å². The van der Waals surface area contributed by atoms with E-state index in [-0.39, 0.29) is 17.9 Å². The minimum absolute atomic E-state index is 0.129. The molecule has 1 aromatic heterocycles. The molecule has 2 atom stereocenters. The van der Waals surface area contributed by atoms with Crippen LogP contribution in [0.3, 0.4) is 0 Å². The van der Waals surface area contributed by atoms with E-state index < -0.39 is 0 Å². The fourth-order valence-corrected chi connectivity index (χ4v) is 2.14. The van der Waals surface area contributed by atoms with Crippen molar-refractivity contribution in [1.82, 2.24) is 4.98 Å². The zero-order valence-electron chi connectivity index (χ0n) is 10.5. The maximum Gasteiger partial charge on any atom is 0.168 e. The van der Waals surface area contributed by atoms with E-state index in [1.165, 1.54) is 0 Å². The fraction of sp³-hybridized carbons (Fsp3) is 0.583. The van der Waals surface area contributed by atoms with E-state index in [2.05, 4.69) is 10.3 Å². The summed E-state index contributed by atoms with van der Waals surface area (Å²) >= 11 is 1.64. The largest absolute Gasteiger partial charge is 0.490 e. The van der Waals surface area contributed by atoms with Crippen molar-refractivity contribution < 1.29 is 9.84 Å². The molecule has 0 saturated carbocycles. The number of hydrogen-bond acceptors (Lipinski definition) is 5. The van der Waals surface area contributed by atoms with Crippen molar-refractivity contribution in [3.05, 3.63) is 18.3 Å². The van der Waals surface area contributed by atoms with Crippen LogP contribution < -0.4 is 10.1 Å². The lowest BCUT2D eigenvalue weighted by Crippen LogP contribution is -2.31. The van der Waals surface area contributed by atoms with Gasteiger partial charge in [0, 0.05) is 17.5 Å². The van der Waals surface area contributed by atoms with Gasteiger partial charge in [-0.3, -0.25) is 0 Å². The second-order valence-corrected chi connectivity index (χ2v) is 4.75. The number of aliphatic hydroxyl groups is 1. The van der Waals surface area contributed by atoms with Gasteiger partial charge in [-0.15, -0.1) is 0 Å². The standard InChI is InChI=1S/C12H20N2O2S/c1-4-16-10-6-5-7-13-12(10)14-9(2)11(8-15)17-3/h5-7,9,11,15H,4,8H2,1-3H3,(H,13,14). The highest BCUT2D eigenvalue weighted by Crippen LogP contribution is 2.23. The lowest BCUT2D eigenvalue weighted by atomic mass is 10.2. The second-order valence-electron chi connectivity index (χ2n) is 3.67. The Morgan fingerprint density at radius 1 is 1.59 bits per heavy atom. The highest BCUT2D eigenvalue weighted by atomic mass is 32.2. The van der Waals surface area contributed by atoms with E-state index in [0.29, 0.717) is 6.61 Å². The van der Waals surface area contributed by atoms with E-state index in [9.17, 15) is 5.11 Å². The van der Waals surface area contributed by atoms with Crippen molar-refractivity contribution in [2.75, 3.05) is 24.8 Å². The van der Waals surface area contributed by atoms with Crippen LogP contribution in [0.5, 0.6) is 5.75 Å². The fourth-order valence-electron chi connectivity index (χ4n) is 1.52. The molecule has 0 aromatic carbocycles. The molecule has 0 spiro atoms. The Labute approximate surface area is 107 Å². The Hall–Kier alpha value is -0.940. The first kappa shape index (κ1) is 14.1. The number of ether oxygens (including phenoxy) is 1. The van der Waals surface area contributed by atoms with Crippen LogP contribution in [0.25, 0.3) is 0 Å². The van der Waals surface area contributed by atoms with Crippen molar-refractivity contribution >= 4 is 17.6 Å². The molecule has 96 valence electrons. The highest BCUT2D eigenvalue weighted by Gasteiger charge is 2.16. The van der Waals surface area contributed by atoms with Gasteiger partial charge in [-0.1, -0.05) is 0 Å². The van der Waals surface area contributed by atoms with Crippen LogP contribution in [0.4, 0.5) is 5.82 Å². The van der Waals surface area contributed by atoms with Gasteiger partial charge in [-0.05, 0) is 32.2 Å². The highest BCUT2D eigenvalue weighted by molar-refractivity contribution is 7.99. The predicted octanol–water partition coefficient (Wildman–Crippen LogP) is 2.00. The normalized spacial score (nSPS) is 14.1. The van der Waals surface area contributed by atoms with Crippen LogP contribution in [-0.2, 0) is 0 Å². The maximum atomic E-state index is 9.23. The smallest absolute Gasteiger partial charge is 0.168 e. The van der Waals surface area contributed by atoms with Crippen LogP contribution in [0, 0.1) is 0 Å². The van der Waals surface area contributed by atoms with Gasteiger partial charge in [0.1, 0.15) is 0 Å². The van der Waals surface area contributed by atoms with Crippen LogP contribution in [0.15, 0.2) is 18.3 Å². The Morgan fingerprint density at radius 2 is 2.35 bits per heavy atom. The van der Waals surface area contributed by atoms with Crippen LogP contribution in [-0.4, -0.2) is 40.9 Å². The number of hydrogen-bond donors (Lipinski definition) is 2. The number of thioether (sulfide) groups is 1. The minimum Gasteiger partial charge on any atom is -0.490 e. The summed E-state index contributed by atoms with van der Waals surface area (Å²) in [5, 5.41) is 12.7. The molecule has 5 heteroatoms. The Morgan fingerprint density at radius 3 is 2.94 bits per heavy atom. The molecule has 0 bridgehead atoms. The number of pyridine rings is 1. The number of aromatic nitrogens is 1. The second kappa shape index (κ2) is 7.40. The Kier molecular flexibility index (Phi) is 6.15. The number of rotatable bonds is 7. The lowest BCUT2D eigenvalue weighted by Gasteiger charge is -2.22. The third-order valence-electron chi connectivity index (χ3n) is 2.48. The molecule has 17 heavy (non-hydrogen) atoms. The van der Waals surface area contributed by atoms with Crippen molar-refractivity contribution in [1.29, 1.82) is 0 Å². The lowest BCUT2D eigenvalue weighted by molar-refractivity contribution is 0.288. The van der Waals surface area contributed by atoms with E-state index in [1.54, 1.807) is 18.0 Å². The van der Waals surface area contributed by atoms with Gasteiger partial charge in [0.15, 0.2) is 11.6 Å². The summed E-state index contributed by atoms with van der Waals surface area (Å²) in [6.07, 6.45) is 3.71. The number of aliphatic hydroxyl groups excluding tert-OH is 1. The number of nitrogens with zero attached hydrogens (tertiary/aromatic N) is 1. The summed E-state index contributed by atoms with van der Waals surface area (Å²) in [5.74, 6) is 1.48. The Balaban J connectivity index is 2.72. The summed E-state index contributed by atoms with van der Waals surface area (Å²) in [7, 11) is 0. The minimum atomic E-state index is 0.129. The quantitative estimate of drug-likeness (QED) is 0.781. The zero-order valence-corrected chi connectivity index (χ0v) is 11.3. The maximum absolute atomic E-state index is 9.23. The van der Waals surface area contributed by atoms with E-state index in [0.717, 1.165) is 11.6 Å². The van der Waals surface area contributed by atoms with Gasteiger partial charge < -0.3 is 15.2 Å². The van der Waals surface area contributed by atoms with Crippen molar-refractivity contribution in [3.8, 4) is 5.75 Å². The molecule has 0 aliphatic heterocycles. The first-order valence-electron chi connectivity index (χ1n) is 5.70. The zero-order chi connectivity index (χ0) is 12.7. The average molecular weight is 256 g/mol. The first-order valence-corrected chi connectivity index (χ1v) is 6.99. The molecule has 0 aliphatic carbocycles. The molecule has 1 rings (SSSR count). The summed E-state index contributed by atoms with van der Waals surface area (Å²) in [6.45, 7) is 4.73. The first-order chi connectivity index (χ1) is 8.22. The van der Waals surface area contributed by atoms with Crippen LogP contribution >= 0.6 is 11.8 Å². The van der Waals surface area contributed by atoms with Crippen molar-refractivity contribution in [2.45, 2.75) is 25.1 Å². The molecule has 2 unspecified atom stereocenters. The summed E-state index contributed by atoms with van der Waals surface area (Å²) < 4.78 is 5.49. The van der Waals surface area contributed by atoms with E-state index in [1.807, 2.05) is 32.2 Å².